The van der Waals surface area contributed by atoms with Crippen molar-refractivity contribution in [2.75, 3.05) is 0 Å². The van der Waals surface area contributed by atoms with E-state index in [4.69, 9.17) is 4.42 Å². The Kier molecular flexibility index (Phi) is 2.95. The van der Waals surface area contributed by atoms with Crippen LogP contribution in [0.4, 0.5) is 5.69 Å². The molecular formula is C13H6N2O7. The molecule has 0 saturated carbocycles. The van der Waals surface area contributed by atoms with Gasteiger partial charge >= 0.3 is 11.6 Å². The average Bonchev–Trinajstić information content (AvgIpc) is 2.46. The molecule has 22 heavy (non-hydrogen) atoms. The lowest BCUT2D eigenvalue weighted by Gasteiger charge is -2.02. The monoisotopic (exact) mass is 302 g/mol. The molecule has 2 aromatic heterocycles. The largest absolute Gasteiger partial charge is 0.480 e. The average molecular weight is 302 g/mol. The first-order chi connectivity index (χ1) is 10.5. The van der Waals surface area contributed by atoms with E-state index in [9.17, 15) is 24.8 Å². The summed E-state index contributed by atoms with van der Waals surface area (Å²) in [5, 5.41) is 19.7. The number of non-ortho nitro benzene ring substituents is 1. The van der Waals surface area contributed by atoms with Gasteiger partial charge in [0.1, 0.15) is 0 Å². The Balaban J connectivity index is 2.22. The van der Waals surface area contributed by atoms with Crippen molar-refractivity contribution in [2.45, 2.75) is 0 Å². The maximum atomic E-state index is 11.9. The Morgan fingerprint density at radius 3 is 2.45 bits per heavy atom. The Hall–Kier alpha value is -3.49. The number of hydrogen-bond donors (Lipinski definition) is 1. The molecule has 0 radical (unpaired) electrons. The molecule has 0 aliphatic heterocycles. The molecule has 2 heterocycles. The van der Waals surface area contributed by atoms with Crippen LogP contribution in [0, 0.1) is 10.1 Å². The second-order valence-corrected chi connectivity index (χ2v) is 4.24. The Labute approximate surface area is 120 Å². The number of benzene rings is 1. The van der Waals surface area contributed by atoms with Gasteiger partial charge in [-0.1, -0.05) is 0 Å². The SMILES string of the molecule is O=c1cc2oc(-c3ccc([N+](=O)[O-])cc3)nc(=O)c2c(O)o1. The zero-order valence-electron chi connectivity index (χ0n) is 10.7. The summed E-state index contributed by atoms with van der Waals surface area (Å²) in [6, 6.07) is 6.03. The highest BCUT2D eigenvalue weighted by atomic mass is 16.6. The maximum Gasteiger partial charge on any atom is 0.342 e. The van der Waals surface area contributed by atoms with Crippen LogP contribution < -0.4 is 11.2 Å². The second-order valence-electron chi connectivity index (χ2n) is 4.24. The minimum Gasteiger partial charge on any atom is -0.480 e. The number of nitrogens with zero attached hydrogens (tertiary/aromatic N) is 2. The molecule has 9 nitrogen and oxygen atoms in total. The van der Waals surface area contributed by atoms with E-state index in [1.807, 2.05) is 0 Å². The molecule has 0 fully saturated rings. The van der Waals surface area contributed by atoms with Gasteiger partial charge in [0.2, 0.25) is 5.89 Å². The van der Waals surface area contributed by atoms with Crippen LogP contribution in [0.1, 0.15) is 0 Å². The highest BCUT2D eigenvalue weighted by Crippen LogP contribution is 2.24. The van der Waals surface area contributed by atoms with E-state index in [-0.39, 0.29) is 22.5 Å². The van der Waals surface area contributed by atoms with Gasteiger partial charge in [-0.05, 0) is 12.1 Å². The number of aromatic nitrogens is 1. The summed E-state index contributed by atoms with van der Waals surface area (Å²) in [5.41, 5.74) is -1.77. The molecule has 0 aliphatic rings. The molecule has 1 N–H and O–H groups in total. The molecule has 0 amide bonds. The van der Waals surface area contributed by atoms with Crippen LogP contribution in [0.2, 0.25) is 0 Å². The molecule has 0 unspecified atom stereocenters. The van der Waals surface area contributed by atoms with Gasteiger partial charge in [0, 0.05) is 17.7 Å². The summed E-state index contributed by atoms with van der Waals surface area (Å²) in [6.45, 7) is 0. The van der Waals surface area contributed by atoms with Gasteiger partial charge in [-0.15, -0.1) is 0 Å². The molecule has 0 bridgehead atoms. The molecule has 1 aromatic carbocycles. The fourth-order valence-corrected chi connectivity index (χ4v) is 1.86. The molecule has 0 aliphatic carbocycles. The predicted octanol–water partition coefficient (Wildman–Crippen LogP) is 1.42. The van der Waals surface area contributed by atoms with Gasteiger partial charge < -0.3 is 13.9 Å². The van der Waals surface area contributed by atoms with Crippen molar-refractivity contribution in [3.05, 3.63) is 61.2 Å². The first kappa shape index (κ1) is 13.5. The van der Waals surface area contributed by atoms with Crippen molar-refractivity contribution < 1.29 is 18.9 Å². The summed E-state index contributed by atoms with van der Waals surface area (Å²) in [5.74, 6) is -1.02. The van der Waals surface area contributed by atoms with Gasteiger partial charge in [-0.2, -0.15) is 4.98 Å². The number of nitro benzene ring substituents is 1. The molecule has 110 valence electrons. The minimum atomic E-state index is -0.894. The first-order valence-electron chi connectivity index (χ1n) is 5.88. The van der Waals surface area contributed by atoms with Crippen molar-refractivity contribution in [1.82, 2.24) is 4.98 Å². The van der Waals surface area contributed by atoms with Gasteiger partial charge in [0.25, 0.3) is 11.2 Å². The normalized spacial score (nSPS) is 10.7. The van der Waals surface area contributed by atoms with Crippen LogP contribution in [0.25, 0.3) is 22.4 Å². The fraction of sp³-hybridized carbons (Fsp3) is 0. The second kappa shape index (κ2) is 4.81. The molecule has 3 aromatic rings. The zero-order valence-corrected chi connectivity index (χ0v) is 10.7. The third-order valence-corrected chi connectivity index (χ3v) is 2.86. The van der Waals surface area contributed by atoms with Gasteiger partial charge in [0.15, 0.2) is 11.0 Å². The summed E-state index contributed by atoms with van der Waals surface area (Å²) in [6.07, 6.45) is 0. The summed E-state index contributed by atoms with van der Waals surface area (Å²) in [4.78, 5) is 36.7. The quantitative estimate of drug-likeness (QED) is 0.554. The van der Waals surface area contributed by atoms with Crippen LogP contribution in [0.3, 0.4) is 0 Å². The maximum absolute atomic E-state index is 11.9. The highest BCUT2D eigenvalue weighted by Gasteiger charge is 2.15. The number of rotatable bonds is 2. The summed E-state index contributed by atoms with van der Waals surface area (Å²) >= 11 is 0. The first-order valence-corrected chi connectivity index (χ1v) is 5.88. The molecule has 3 rings (SSSR count). The van der Waals surface area contributed by atoms with Crippen molar-refractivity contribution in [3.63, 3.8) is 0 Å². The molecule has 0 spiro atoms. The lowest BCUT2D eigenvalue weighted by Crippen LogP contribution is -2.09. The van der Waals surface area contributed by atoms with Crippen molar-refractivity contribution in [2.24, 2.45) is 0 Å². The van der Waals surface area contributed by atoms with Crippen LogP contribution >= 0.6 is 0 Å². The number of aromatic hydroxyl groups is 1. The third kappa shape index (κ3) is 2.20. The van der Waals surface area contributed by atoms with Crippen LogP contribution in [-0.4, -0.2) is 15.0 Å². The van der Waals surface area contributed by atoms with E-state index in [0.717, 1.165) is 6.07 Å². The minimum absolute atomic E-state index is 0.134. The fourth-order valence-electron chi connectivity index (χ4n) is 1.86. The molecule has 9 heteroatoms. The highest BCUT2D eigenvalue weighted by molar-refractivity contribution is 5.80. The van der Waals surface area contributed by atoms with E-state index in [2.05, 4.69) is 9.40 Å². The van der Waals surface area contributed by atoms with Crippen molar-refractivity contribution >= 4 is 16.7 Å². The molecular weight excluding hydrogens is 296 g/mol. The van der Waals surface area contributed by atoms with Gasteiger partial charge in [0.05, 0.1) is 11.0 Å². The standard InChI is InChI=1S/C13H6N2O7/c16-9-5-8-10(13(18)22-9)11(17)14-12(21-8)6-1-3-7(4-2-6)15(19)20/h1-5,18H. The Morgan fingerprint density at radius 2 is 1.82 bits per heavy atom. The van der Waals surface area contributed by atoms with Crippen LogP contribution in [-0.2, 0) is 0 Å². The Morgan fingerprint density at radius 1 is 1.14 bits per heavy atom. The van der Waals surface area contributed by atoms with E-state index in [0.29, 0.717) is 5.56 Å². The lowest BCUT2D eigenvalue weighted by molar-refractivity contribution is -0.384. The smallest absolute Gasteiger partial charge is 0.342 e. The number of nitro groups is 1. The number of hydrogen-bond acceptors (Lipinski definition) is 8. The Bertz CT molecular complexity index is 1000. The van der Waals surface area contributed by atoms with Gasteiger partial charge in [-0.25, -0.2) is 4.79 Å². The molecule has 0 atom stereocenters. The molecule has 0 saturated heterocycles. The third-order valence-electron chi connectivity index (χ3n) is 2.86. The predicted molar refractivity (Wildman–Crippen MR) is 72.6 cm³/mol. The lowest BCUT2D eigenvalue weighted by atomic mass is 10.2. The van der Waals surface area contributed by atoms with E-state index < -0.39 is 22.1 Å². The van der Waals surface area contributed by atoms with Crippen LogP contribution in [0.5, 0.6) is 5.95 Å². The van der Waals surface area contributed by atoms with Gasteiger partial charge in [-0.3, -0.25) is 14.9 Å². The van der Waals surface area contributed by atoms with E-state index in [1.165, 1.54) is 24.3 Å². The van der Waals surface area contributed by atoms with Crippen molar-refractivity contribution in [3.8, 4) is 17.4 Å². The number of fused-ring (bicyclic) bond motifs is 1. The van der Waals surface area contributed by atoms with Crippen molar-refractivity contribution in [1.29, 1.82) is 0 Å². The topological polar surface area (TPSA) is 137 Å². The summed E-state index contributed by atoms with van der Waals surface area (Å²) in [7, 11) is 0. The van der Waals surface area contributed by atoms with E-state index in [1.54, 1.807) is 0 Å². The van der Waals surface area contributed by atoms with Crippen LogP contribution in [0.15, 0.2) is 48.8 Å². The summed E-state index contributed by atoms with van der Waals surface area (Å²) < 4.78 is 9.67. The van der Waals surface area contributed by atoms with E-state index >= 15 is 0 Å². The zero-order chi connectivity index (χ0) is 15.9.